The van der Waals surface area contributed by atoms with Crippen LogP contribution in [0.3, 0.4) is 0 Å². The highest BCUT2D eigenvalue weighted by molar-refractivity contribution is 5.91. The lowest BCUT2D eigenvalue weighted by Gasteiger charge is -2.15. The first-order valence-corrected chi connectivity index (χ1v) is 11.4. The summed E-state index contributed by atoms with van der Waals surface area (Å²) in [5, 5.41) is 9.01. The summed E-state index contributed by atoms with van der Waals surface area (Å²) in [6.07, 6.45) is 1.63. The van der Waals surface area contributed by atoms with Crippen molar-refractivity contribution in [1.29, 1.82) is 0 Å². The van der Waals surface area contributed by atoms with Gasteiger partial charge >= 0.3 is 5.97 Å². The third kappa shape index (κ3) is 6.96. The molecule has 0 aliphatic carbocycles. The first kappa shape index (κ1) is 25.1. The molecule has 0 fully saturated rings. The molecule has 5 nitrogen and oxygen atoms in total. The lowest BCUT2D eigenvalue weighted by molar-refractivity contribution is -0.132. The van der Waals surface area contributed by atoms with Gasteiger partial charge in [0.05, 0.1) is 6.61 Å². The van der Waals surface area contributed by atoms with E-state index in [9.17, 15) is 4.79 Å². The molecule has 0 radical (unpaired) electrons. The number of hydrogen-bond acceptors (Lipinski definition) is 4. The van der Waals surface area contributed by atoms with Crippen LogP contribution in [0.2, 0.25) is 0 Å². The van der Waals surface area contributed by atoms with Crippen LogP contribution in [0.25, 0.3) is 17.2 Å². The molecule has 3 rings (SSSR count). The van der Waals surface area contributed by atoms with Crippen LogP contribution in [0.4, 0.5) is 0 Å². The molecule has 0 amide bonds. The fourth-order valence-corrected chi connectivity index (χ4v) is 3.78. The van der Waals surface area contributed by atoms with Crippen molar-refractivity contribution in [2.45, 2.75) is 34.3 Å². The Hall–Kier alpha value is -3.57. The number of rotatable bonds is 11. The van der Waals surface area contributed by atoms with Gasteiger partial charge in [-0.3, -0.25) is 0 Å². The predicted molar refractivity (Wildman–Crippen MR) is 135 cm³/mol. The van der Waals surface area contributed by atoms with Gasteiger partial charge in [0.15, 0.2) is 0 Å². The Morgan fingerprint density at radius 3 is 2.26 bits per heavy atom. The second-order valence-corrected chi connectivity index (χ2v) is 8.17. The molecule has 0 bridgehead atoms. The lowest BCUT2D eigenvalue weighted by atomic mass is 9.94. The number of aryl methyl sites for hydroxylation is 2. The number of hydrogen-bond donors (Lipinski definition) is 1. The highest BCUT2D eigenvalue weighted by atomic mass is 16.5. The maximum Gasteiger partial charge on any atom is 0.331 e. The van der Waals surface area contributed by atoms with Gasteiger partial charge < -0.3 is 19.3 Å². The zero-order valence-corrected chi connectivity index (χ0v) is 20.3. The zero-order valence-electron chi connectivity index (χ0n) is 20.3. The van der Waals surface area contributed by atoms with Gasteiger partial charge in [-0.15, -0.1) is 0 Å². The average Bonchev–Trinajstić information content (AvgIpc) is 2.81. The van der Waals surface area contributed by atoms with Crippen molar-refractivity contribution in [3.8, 4) is 22.6 Å². The van der Waals surface area contributed by atoms with Gasteiger partial charge in [-0.1, -0.05) is 30.3 Å². The number of carboxylic acids is 1. The first-order chi connectivity index (χ1) is 16.4. The van der Waals surface area contributed by atoms with Crippen molar-refractivity contribution in [1.82, 2.24) is 0 Å². The lowest BCUT2D eigenvalue weighted by Crippen LogP contribution is -2.06. The van der Waals surface area contributed by atoms with Crippen molar-refractivity contribution >= 4 is 12.0 Å². The molecular formula is C29H32O5. The summed E-state index contributed by atoms with van der Waals surface area (Å²) in [4.78, 5) is 11.0. The molecule has 0 spiro atoms. The minimum atomic E-state index is -0.922. The molecule has 0 saturated heterocycles. The van der Waals surface area contributed by atoms with E-state index in [1.165, 1.54) is 5.56 Å². The molecule has 0 aliphatic rings. The topological polar surface area (TPSA) is 65.0 Å². The van der Waals surface area contributed by atoms with Gasteiger partial charge in [-0.05, 0) is 97.5 Å². The van der Waals surface area contributed by atoms with E-state index in [-0.39, 0.29) is 0 Å². The minimum absolute atomic E-state index is 0.293. The summed E-state index contributed by atoms with van der Waals surface area (Å²) in [6.45, 7) is 10.00. The summed E-state index contributed by atoms with van der Waals surface area (Å²) in [6, 6.07) is 19.9. The number of carbonyl (C=O) groups is 1. The smallest absolute Gasteiger partial charge is 0.331 e. The van der Waals surface area contributed by atoms with E-state index >= 15 is 0 Å². The minimum Gasteiger partial charge on any atom is -0.491 e. The van der Waals surface area contributed by atoms with E-state index in [4.69, 9.17) is 19.3 Å². The molecule has 1 N–H and O–H groups in total. The Labute approximate surface area is 201 Å². The number of aliphatic carboxylic acids is 1. The van der Waals surface area contributed by atoms with Crippen LogP contribution in [0.15, 0.2) is 66.2 Å². The Morgan fingerprint density at radius 2 is 1.62 bits per heavy atom. The van der Waals surface area contributed by atoms with Gasteiger partial charge in [-0.25, -0.2) is 4.79 Å². The van der Waals surface area contributed by atoms with Gasteiger partial charge in [0.25, 0.3) is 0 Å². The standard InChI is InChI=1S/C29H32O5/c1-5-32-13-14-33-27-16-20(2)28(21(3)17-27)25-8-6-7-24(18-25)19-34-26-11-9-23(10-12-26)15-22(4)29(30)31/h6-12,15-18H,5,13-14,19H2,1-4H3,(H,30,31)/b22-15+. The molecule has 3 aromatic carbocycles. The Morgan fingerprint density at radius 1 is 0.912 bits per heavy atom. The van der Waals surface area contributed by atoms with E-state index in [0.717, 1.165) is 39.3 Å². The second kappa shape index (κ2) is 12.1. The summed E-state index contributed by atoms with van der Waals surface area (Å²) < 4.78 is 17.1. The first-order valence-electron chi connectivity index (χ1n) is 11.4. The van der Waals surface area contributed by atoms with E-state index in [1.807, 2.05) is 43.3 Å². The largest absolute Gasteiger partial charge is 0.491 e. The molecule has 5 heteroatoms. The van der Waals surface area contributed by atoms with Crippen LogP contribution in [0.1, 0.15) is 36.1 Å². The maximum atomic E-state index is 11.0. The quantitative estimate of drug-likeness (QED) is 0.263. The summed E-state index contributed by atoms with van der Waals surface area (Å²) in [7, 11) is 0. The van der Waals surface area contributed by atoms with Gasteiger partial charge in [0, 0.05) is 12.2 Å². The van der Waals surface area contributed by atoms with Crippen LogP contribution >= 0.6 is 0 Å². The monoisotopic (exact) mass is 460 g/mol. The summed E-state index contributed by atoms with van der Waals surface area (Å²) >= 11 is 0. The molecule has 34 heavy (non-hydrogen) atoms. The van der Waals surface area contributed by atoms with Gasteiger partial charge in [0.2, 0.25) is 0 Å². The fourth-order valence-electron chi connectivity index (χ4n) is 3.78. The predicted octanol–water partition coefficient (Wildman–Crippen LogP) is 6.45. The molecule has 3 aromatic rings. The molecule has 0 aromatic heterocycles. The van der Waals surface area contributed by atoms with E-state index < -0.39 is 5.97 Å². The molecular weight excluding hydrogens is 428 g/mol. The van der Waals surface area contributed by atoms with Crippen molar-refractivity contribution < 1.29 is 24.1 Å². The Kier molecular flexibility index (Phi) is 8.88. The third-order valence-corrected chi connectivity index (χ3v) is 5.43. The Balaban J connectivity index is 1.68. The van der Waals surface area contributed by atoms with Crippen molar-refractivity contribution in [3.05, 3.63) is 88.5 Å². The number of carboxylic acid groups (broad SMARTS) is 1. The van der Waals surface area contributed by atoms with Gasteiger partial charge in [-0.2, -0.15) is 0 Å². The maximum absolute atomic E-state index is 11.0. The van der Waals surface area contributed by atoms with Crippen molar-refractivity contribution in [3.63, 3.8) is 0 Å². The third-order valence-electron chi connectivity index (χ3n) is 5.43. The van der Waals surface area contributed by atoms with Crippen LogP contribution < -0.4 is 9.47 Å². The zero-order chi connectivity index (χ0) is 24.5. The second-order valence-electron chi connectivity index (χ2n) is 8.17. The van der Waals surface area contributed by atoms with E-state index in [1.54, 1.807) is 13.0 Å². The number of ether oxygens (including phenoxy) is 3. The summed E-state index contributed by atoms with van der Waals surface area (Å²) in [5.74, 6) is 0.667. The van der Waals surface area contributed by atoms with Crippen LogP contribution in [-0.4, -0.2) is 30.9 Å². The molecule has 0 heterocycles. The Bertz CT molecular complexity index is 1120. The van der Waals surface area contributed by atoms with Crippen molar-refractivity contribution in [2.75, 3.05) is 19.8 Å². The fraction of sp³-hybridized carbons (Fsp3) is 0.276. The van der Waals surface area contributed by atoms with Gasteiger partial charge in [0.1, 0.15) is 24.7 Å². The van der Waals surface area contributed by atoms with Crippen LogP contribution in [0, 0.1) is 13.8 Å². The normalized spacial score (nSPS) is 11.4. The SMILES string of the molecule is CCOCCOc1cc(C)c(-c2cccc(COc3ccc(/C=C(\C)C(=O)O)cc3)c2)c(C)c1. The van der Waals surface area contributed by atoms with Crippen LogP contribution in [-0.2, 0) is 16.1 Å². The molecule has 0 saturated carbocycles. The average molecular weight is 461 g/mol. The van der Waals surface area contributed by atoms with Crippen LogP contribution in [0.5, 0.6) is 11.5 Å². The summed E-state index contributed by atoms with van der Waals surface area (Å²) in [5.41, 5.74) is 6.84. The van der Waals surface area contributed by atoms with E-state index in [0.29, 0.717) is 32.0 Å². The molecule has 0 aliphatic heterocycles. The highest BCUT2D eigenvalue weighted by Crippen LogP contribution is 2.31. The molecule has 0 unspecified atom stereocenters. The van der Waals surface area contributed by atoms with Crippen molar-refractivity contribution in [2.24, 2.45) is 0 Å². The molecule has 0 atom stereocenters. The number of benzene rings is 3. The highest BCUT2D eigenvalue weighted by Gasteiger charge is 2.10. The van der Waals surface area contributed by atoms with E-state index in [2.05, 4.69) is 38.1 Å². The molecule has 178 valence electrons.